The molecule has 1 atom stereocenters. The van der Waals surface area contributed by atoms with Gasteiger partial charge in [0.1, 0.15) is 30.1 Å². The number of aliphatic imine (C=N–C) groups is 1. The van der Waals surface area contributed by atoms with Gasteiger partial charge in [0, 0.05) is 24.5 Å². The fraction of sp³-hybridized carbons (Fsp3) is 0.452. The predicted molar refractivity (Wildman–Crippen MR) is 148 cm³/mol. The van der Waals surface area contributed by atoms with E-state index >= 15 is 0 Å². The number of nitrogens with one attached hydrogen (secondary N) is 1. The Morgan fingerprint density at radius 2 is 1.54 bits per heavy atom. The lowest BCUT2D eigenvalue weighted by atomic mass is 9.69. The van der Waals surface area contributed by atoms with Crippen LogP contribution in [0.25, 0.3) is 11.1 Å². The van der Waals surface area contributed by atoms with Gasteiger partial charge >= 0.3 is 12.1 Å². The SMILES string of the molecule is CC(C)CC(=NCC(NC(=O)OCC1c2ccccc2-c2ccccc21)C(=O)O)C1C(=O)CC(C)(C)CC1=O. The van der Waals surface area contributed by atoms with Crippen molar-refractivity contribution in [2.45, 2.75) is 58.9 Å². The van der Waals surface area contributed by atoms with Crippen LogP contribution in [-0.4, -0.2) is 53.6 Å². The van der Waals surface area contributed by atoms with E-state index in [-0.39, 0.29) is 49.4 Å². The molecule has 2 N–H and O–H groups in total. The predicted octanol–water partition coefficient (Wildman–Crippen LogP) is 5.04. The number of rotatable bonds is 9. The van der Waals surface area contributed by atoms with Crippen molar-refractivity contribution in [1.29, 1.82) is 0 Å². The van der Waals surface area contributed by atoms with Crippen LogP contribution in [0, 0.1) is 17.3 Å². The highest BCUT2D eigenvalue weighted by atomic mass is 16.5. The quantitative estimate of drug-likeness (QED) is 0.345. The van der Waals surface area contributed by atoms with Gasteiger partial charge in [-0.3, -0.25) is 14.6 Å². The van der Waals surface area contributed by atoms with Crippen LogP contribution in [0.5, 0.6) is 0 Å². The number of hydrogen-bond donors (Lipinski definition) is 2. The summed E-state index contributed by atoms with van der Waals surface area (Å²) in [6.45, 7) is 7.41. The first-order chi connectivity index (χ1) is 18.5. The molecule has 0 radical (unpaired) electrons. The molecule has 1 unspecified atom stereocenters. The molecule has 0 heterocycles. The van der Waals surface area contributed by atoms with Crippen molar-refractivity contribution in [2.75, 3.05) is 13.2 Å². The zero-order chi connectivity index (χ0) is 28.3. The molecule has 206 valence electrons. The standard InChI is InChI=1S/C31H36N2O6/c1-18(2)13-24(28-26(34)14-31(3,4)15-27(28)35)32-16-25(29(36)37)33-30(38)39-17-23-21-11-7-5-9-19(21)20-10-6-8-12-22(20)23/h5-12,18,23,25,28H,13-17H2,1-4H3,(H,33,38)(H,36,37). The molecule has 8 heteroatoms. The molecule has 4 rings (SSSR count). The molecule has 1 saturated carbocycles. The van der Waals surface area contributed by atoms with Gasteiger partial charge in [-0.15, -0.1) is 0 Å². The summed E-state index contributed by atoms with van der Waals surface area (Å²) in [6, 6.07) is 14.5. The van der Waals surface area contributed by atoms with Crippen LogP contribution < -0.4 is 5.32 Å². The van der Waals surface area contributed by atoms with Gasteiger partial charge in [-0.25, -0.2) is 9.59 Å². The van der Waals surface area contributed by atoms with E-state index in [4.69, 9.17) is 4.74 Å². The Hall–Kier alpha value is -3.81. The summed E-state index contributed by atoms with van der Waals surface area (Å²) >= 11 is 0. The lowest BCUT2D eigenvalue weighted by molar-refractivity contribution is -0.139. The number of ether oxygens (including phenoxy) is 1. The van der Waals surface area contributed by atoms with Crippen molar-refractivity contribution in [3.8, 4) is 11.1 Å². The maximum atomic E-state index is 12.9. The third kappa shape index (κ3) is 6.44. The number of nitrogens with zero attached hydrogens (tertiary/aromatic N) is 1. The number of carboxylic acids is 1. The number of carbonyl (C=O) groups is 4. The third-order valence-electron chi connectivity index (χ3n) is 7.31. The van der Waals surface area contributed by atoms with E-state index in [0.717, 1.165) is 22.3 Å². The average molecular weight is 533 g/mol. The number of Topliss-reactive ketones (excluding diaryl/α,β-unsaturated/α-hetero) is 2. The van der Waals surface area contributed by atoms with E-state index < -0.39 is 29.4 Å². The summed E-state index contributed by atoms with van der Waals surface area (Å²) in [7, 11) is 0. The van der Waals surface area contributed by atoms with E-state index in [1.807, 2.05) is 76.2 Å². The fourth-order valence-electron chi connectivity index (χ4n) is 5.63. The van der Waals surface area contributed by atoms with Gasteiger partial charge in [-0.05, 0) is 40.0 Å². The minimum absolute atomic E-state index is 0.0505. The van der Waals surface area contributed by atoms with Gasteiger partial charge in [-0.1, -0.05) is 76.2 Å². The summed E-state index contributed by atoms with van der Waals surface area (Å²) in [5, 5.41) is 12.2. The summed E-state index contributed by atoms with van der Waals surface area (Å²) in [4.78, 5) is 54.8. The zero-order valence-corrected chi connectivity index (χ0v) is 22.9. The number of fused-ring (bicyclic) bond motifs is 3. The second-order valence-corrected chi connectivity index (χ2v) is 11.7. The monoisotopic (exact) mass is 532 g/mol. The largest absolute Gasteiger partial charge is 0.480 e. The van der Waals surface area contributed by atoms with Gasteiger partial charge in [0.25, 0.3) is 0 Å². The van der Waals surface area contributed by atoms with Crippen molar-refractivity contribution in [1.82, 2.24) is 5.32 Å². The maximum absolute atomic E-state index is 12.9. The van der Waals surface area contributed by atoms with Crippen LogP contribution in [0.2, 0.25) is 0 Å². The highest BCUT2D eigenvalue weighted by Gasteiger charge is 2.42. The molecule has 0 bridgehead atoms. The normalized spacial score (nSPS) is 18.0. The number of alkyl carbamates (subject to hydrolysis) is 1. The molecule has 2 aromatic carbocycles. The van der Waals surface area contributed by atoms with Gasteiger partial charge in [-0.2, -0.15) is 0 Å². The van der Waals surface area contributed by atoms with Crippen LogP contribution in [0.15, 0.2) is 53.5 Å². The summed E-state index contributed by atoms with van der Waals surface area (Å²) in [5.74, 6) is -2.66. The zero-order valence-electron chi connectivity index (χ0n) is 22.9. The number of amides is 1. The van der Waals surface area contributed by atoms with Crippen LogP contribution in [0.4, 0.5) is 4.79 Å². The summed E-state index contributed by atoms with van der Waals surface area (Å²) in [6.07, 6.45) is 0.0539. The fourth-order valence-corrected chi connectivity index (χ4v) is 5.63. The molecule has 2 aromatic rings. The van der Waals surface area contributed by atoms with Gasteiger partial charge < -0.3 is 15.2 Å². The summed E-state index contributed by atoms with van der Waals surface area (Å²) < 4.78 is 5.49. The molecule has 0 aliphatic heterocycles. The number of ketones is 2. The van der Waals surface area contributed by atoms with Gasteiger partial charge in [0.15, 0.2) is 0 Å². The number of carboxylic acid groups (broad SMARTS) is 1. The minimum Gasteiger partial charge on any atom is -0.480 e. The Labute approximate surface area is 228 Å². The lowest BCUT2D eigenvalue weighted by Crippen LogP contribution is -2.45. The second-order valence-electron chi connectivity index (χ2n) is 11.7. The molecule has 8 nitrogen and oxygen atoms in total. The van der Waals surface area contributed by atoms with Crippen molar-refractivity contribution >= 4 is 29.3 Å². The number of benzene rings is 2. The van der Waals surface area contributed by atoms with Gasteiger partial charge in [0.05, 0.1) is 6.54 Å². The molecule has 2 aliphatic carbocycles. The Bertz CT molecular complexity index is 1250. The first kappa shape index (κ1) is 28.2. The van der Waals surface area contributed by atoms with Crippen LogP contribution in [-0.2, 0) is 19.1 Å². The Balaban J connectivity index is 1.44. The molecule has 0 aromatic heterocycles. The maximum Gasteiger partial charge on any atom is 0.407 e. The average Bonchev–Trinajstić information content (AvgIpc) is 3.17. The molecule has 1 amide bonds. The van der Waals surface area contributed by atoms with Crippen LogP contribution >= 0.6 is 0 Å². The molecule has 39 heavy (non-hydrogen) atoms. The van der Waals surface area contributed by atoms with E-state index in [2.05, 4.69) is 10.3 Å². The lowest BCUT2D eigenvalue weighted by Gasteiger charge is -2.33. The van der Waals surface area contributed by atoms with Crippen molar-refractivity contribution in [2.24, 2.45) is 22.2 Å². The van der Waals surface area contributed by atoms with Crippen molar-refractivity contribution < 1.29 is 29.0 Å². The molecular weight excluding hydrogens is 496 g/mol. The van der Waals surface area contributed by atoms with E-state index in [1.54, 1.807) is 0 Å². The Kier molecular flexibility index (Phi) is 8.33. The van der Waals surface area contributed by atoms with E-state index in [0.29, 0.717) is 12.1 Å². The number of aliphatic carboxylic acids is 1. The number of carbonyl (C=O) groups excluding carboxylic acids is 3. The summed E-state index contributed by atoms with van der Waals surface area (Å²) in [5.41, 5.74) is 4.27. The molecule has 0 saturated heterocycles. The molecular formula is C31H36N2O6. The third-order valence-corrected chi connectivity index (χ3v) is 7.31. The van der Waals surface area contributed by atoms with Crippen LogP contribution in [0.3, 0.4) is 0 Å². The molecule has 2 aliphatic rings. The topological polar surface area (TPSA) is 122 Å². The Morgan fingerprint density at radius 1 is 1.00 bits per heavy atom. The van der Waals surface area contributed by atoms with E-state index in [1.165, 1.54) is 0 Å². The second kappa shape index (κ2) is 11.5. The van der Waals surface area contributed by atoms with Crippen LogP contribution in [0.1, 0.15) is 64.0 Å². The number of hydrogen-bond acceptors (Lipinski definition) is 6. The van der Waals surface area contributed by atoms with E-state index in [9.17, 15) is 24.3 Å². The van der Waals surface area contributed by atoms with Crippen molar-refractivity contribution in [3.05, 3.63) is 59.7 Å². The molecule has 0 spiro atoms. The smallest absolute Gasteiger partial charge is 0.407 e. The minimum atomic E-state index is -1.37. The first-order valence-corrected chi connectivity index (χ1v) is 13.4. The van der Waals surface area contributed by atoms with Gasteiger partial charge in [0.2, 0.25) is 0 Å². The highest BCUT2D eigenvalue weighted by molar-refractivity contribution is 6.22. The highest BCUT2D eigenvalue weighted by Crippen LogP contribution is 2.44. The van der Waals surface area contributed by atoms with Crippen molar-refractivity contribution in [3.63, 3.8) is 0 Å². The first-order valence-electron chi connectivity index (χ1n) is 13.4. The molecule has 1 fully saturated rings. The Morgan fingerprint density at radius 3 is 2.05 bits per heavy atom.